The summed E-state index contributed by atoms with van der Waals surface area (Å²) in [5, 5.41) is 8.26. The van der Waals surface area contributed by atoms with Crippen molar-refractivity contribution < 1.29 is 9.59 Å². The van der Waals surface area contributed by atoms with E-state index < -0.39 is 6.04 Å². The Labute approximate surface area is 176 Å². The number of aryl methyl sites for hydroxylation is 1. The minimum absolute atomic E-state index is 0.0458. The van der Waals surface area contributed by atoms with Crippen molar-refractivity contribution in [3.8, 4) is 0 Å². The fourth-order valence-electron chi connectivity index (χ4n) is 3.18. The Hall–Kier alpha value is -2.76. The van der Waals surface area contributed by atoms with Crippen molar-refractivity contribution in [1.82, 2.24) is 10.6 Å². The molecule has 1 heterocycles. The number of benzene rings is 2. The predicted molar refractivity (Wildman–Crippen MR) is 118 cm³/mol. The van der Waals surface area contributed by atoms with E-state index in [1.54, 1.807) is 11.3 Å². The summed E-state index contributed by atoms with van der Waals surface area (Å²) in [5.74, 6) is -0.231. The molecule has 150 valence electrons. The third-order valence-corrected chi connectivity index (χ3v) is 5.75. The molecule has 0 unspecified atom stereocenters. The van der Waals surface area contributed by atoms with Crippen molar-refractivity contribution in [1.29, 1.82) is 0 Å². The van der Waals surface area contributed by atoms with Gasteiger partial charge in [0.15, 0.2) is 5.78 Å². The number of ketones is 1. The van der Waals surface area contributed by atoms with E-state index in [1.165, 1.54) is 12.5 Å². The Kier molecular flexibility index (Phi) is 7.33. The van der Waals surface area contributed by atoms with Crippen LogP contribution in [0.25, 0.3) is 0 Å². The molecule has 1 amide bonds. The second kappa shape index (κ2) is 10.1. The average Bonchev–Trinajstić information content (AvgIpc) is 3.24. The summed E-state index contributed by atoms with van der Waals surface area (Å²) >= 11 is 1.65. The highest BCUT2D eigenvalue weighted by atomic mass is 32.1. The first-order valence-corrected chi connectivity index (χ1v) is 10.6. The number of carbonyl (C=O) groups is 2. The molecule has 4 nitrogen and oxygen atoms in total. The van der Waals surface area contributed by atoms with Crippen molar-refractivity contribution in [2.45, 2.75) is 32.4 Å². The topological polar surface area (TPSA) is 58.2 Å². The van der Waals surface area contributed by atoms with Crippen LogP contribution in [0.1, 0.15) is 34.5 Å². The molecule has 5 heteroatoms. The lowest BCUT2D eigenvalue weighted by Gasteiger charge is -2.20. The van der Waals surface area contributed by atoms with Gasteiger partial charge in [-0.25, -0.2) is 0 Å². The third-order valence-electron chi connectivity index (χ3n) is 4.81. The van der Waals surface area contributed by atoms with Gasteiger partial charge in [0, 0.05) is 4.88 Å². The van der Waals surface area contributed by atoms with E-state index in [0.717, 1.165) is 16.0 Å². The first-order chi connectivity index (χ1) is 14.0. The van der Waals surface area contributed by atoms with Crippen LogP contribution in [0.5, 0.6) is 0 Å². The molecule has 0 radical (unpaired) electrons. The van der Waals surface area contributed by atoms with Gasteiger partial charge in [-0.15, -0.1) is 11.3 Å². The van der Waals surface area contributed by atoms with Gasteiger partial charge >= 0.3 is 0 Å². The van der Waals surface area contributed by atoms with Gasteiger partial charge < -0.3 is 5.32 Å². The zero-order valence-corrected chi connectivity index (χ0v) is 17.5. The van der Waals surface area contributed by atoms with E-state index >= 15 is 0 Å². The Bertz CT molecular complexity index is 921. The normalized spacial score (nSPS) is 12.9. The van der Waals surface area contributed by atoms with Crippen molar-refractivity contribution in [2.75, 3.05) is 6.54 Å². The van der Waals surface area contributed by atoms with Gasteiger partial charge in [-0.1, -0.05) is 66.2 Å². The van der Waals surface area contributed by atoms with E-state index in [9.17, 15) is 9.59 Å². The summed E-state index contributed by atoms with van der Waals surface area (Å²) in [6.45, 7) is 3.70. The summed E-state index contributed by atoms with van der Waals surface area (Å²) in [5.41, 5.74) is 3.33. The minimum atomic E-state index is -0.522. The second-order valence-electron chi connectivity index (χ2n) is 7.16. The number of carbonyl (C=O) groups excluding carboxylic acids is 2. The molecule has 2 atom stereocenters. The highest BCUT2D eigenvalue weighted by Crippen LogP contribution is 2.26. The van der Waals surface area contributed by atoms with Crippen molar-refractivity contribution >= 4 is 23.0 Å². The first kappa shape index (κ1) is 21.0. The van der Waals surface area contributed by atoms with Gasteiger partial charge in [-0.05, 0) is 42.8 Å². The van der Waals surface area contributed by atoms with Gasteiger partial charge in [0.25, 0.3) is 0 Å². The smallest absolute Gasteiger partial charge is 0.234 e. The standard InChI is InChI=1S/C24H26N2O2S/c1-17-10-12-20(13-11-17)24(22-9-6-14-29-22)25-16-23(28)26-21(18(2)27)15-19-7-4-3-5-8-19/h3-14,21,24-25H,15-16H2,1-2H3,(H,26,28)/t21-,24-/m1/s1. The molecule has 2 N–H and O–H groups in total. The maximum Gasteiger partial charge on any atom is 0.234 e. The minimum Gasteiger partial charge on any atom is -0.345 e. The van der Waals surface area contributed by atoms with Crippen LogP contribution >= 0.6 is 11.3 Å². The first-order valence-electron chi connectivity index (χ1n) is 9.70. The Morgan fingerprint density at radius 3 is 2.31 bits per heavy atom. The van der Waals surface area contributed by atoms with E-state index in [1.807, 2.05) is 41.8 Å². The van der Waals surface area contributed by atoms with Crippen LogP contribution in [-0.4, -0.2) is 24.3 Å². The Balaban J connectivity index is 1.64. The highest BCUT2D eigenvalue weighted by Gasteiger charge is 2.20. The van der Waals surface area contributed by atoms with Gasteiger partial charge in [0.2, 0.25) is 5.91 Å². The molecule has 0 fully saturated rings. The fraction of sp³-hybridized carbons (Fsp3) is 0.250. The highest BCUT2D eigenvalue weighted by molar-refractivity contribution is 7.10. The maximum absolute atomic E-state index is 12.6. The number of amides is 1. The van der Waals surface area contributed by atoms with E-state index in [0.29, 0.717) is 6.42 Å². The molecular weight excluding hydrogens is 380 g/mol. The van der Waals surface area contributed by atoms with Crippen LogP contribution in [0.2, 0.25) is 0 Å². The summed E-state index contributed by atoms with van der Waals surface area (Å²) in [6, 6.07) is 21.5. The number of rotatable bonds is 9. The number of hydrogen-bond donors (Lipinski definition) is 2. The molecule has 3 rings (SSSR count). The van der Waals surface area contributed by atoms with Gasteiger partial charge in [0.05, 0.1) is 18.6 Å². The number of thiophene rings is 1. The third kappa shape index (κ3) is 6.11. The van der Waals surface area contributed by atoms with E-state index in [4.69, 9.17) is 0 Å². The lowest BCUT2D eigenvalue weighted by atomic mass is 10.0. The molecule has 1 aromatic heterocycles. The second-order valence-corrected chi connectivity index (χ2v) is 8.14. The van der Waals surface area contributed by atoms with Crippen molar-refractivity contribution in [3.63, 3.8) is 0 Å². The maximum atomic E-state index is 12.6. The Morgan fingerprint density at radius 1 is 0.966 bits per heavy atom. The molecule has 0 aliphatic heterocycles. The molecule has 0 bridgehead atoms. The zero-order valence-electron chi connectivity index (χ0n) is 16.7. The number of nitrogens with one attached hydrogen (secondary N) is 2. The molecule has 0 aliphatic carbocycles. The van der Waals surface area contributed by atoms with E-state index in [2.05, 4.69) is 47.9 Å². The lowest BCUT2D eigenvalue weighted by molar-refractivity contribution is -0.126. The summed E-state index contributed by atoms with van der Waals surface area (Å²) in [6.07, 6.45) is 0.494. The quantitative estimate of drug-likeness (QED) is 0.564. The molecule has 0 aliphatic rings. The fourth-order valence-corrected chi connectivity index (χ4v) is 4.01. The molecule has 29 heavy (non-hydrogen) atoms. The van der Waals surface area contributed by atoms with Gasteiger partial charge in [0.1, 0.15) is 0 Å². The average molecular weight is 407 g/mol. The molecule has 0 saturated carbocycles. The van der Waals surface area contributed by atoms with Crippen LogP contribution in [0, 0.1) is 6.92 Å². The van der Waals surface area contributed by atoms with Crippen LogP contribution in [0.4, 0.5) is 0 Å². The largest absolute Gasteiger partial charge is 0.345 e. The summed E-state index contributed by atoms with van der Waals surface area (Å²) in [7, 11) is 0. The van der Waals surface area contributed by atoms with Gasteiger partial charge in [-0.3, -0.25) is 14.9 Å². The summed E-state index contributed by atoms with van der Waals surface area (Å²) in [4.78, 5) is 25.8. The molecule has 3 aromatic rings. The van der Waals surface area contributed by atoms with Crippen molar-refractivity contribution in [3.05, 3.63) is 93.7 Å². The number of Topliss-reactive ketones (excluding diaryl/α,β-unsaturated/α-hetero) is 1. The van der Waals surface area contributed by atoms with Crippen molar-refractivity contribution in [2.24, 2.45) is 0 Å². The monoisotopic (exact) mass is 406 g/mol. The molecular formula is C24H26N2O2S. The summed E-state index contributed by atoms with van der Waals surface area (Å²) < 4.78 is 0. The predicted octanol–water partition coefficient (Wildman–Crippen LogP) is 4.05. The molecule has 0 spiro atoms. The number of hydrogen-bond acceptors (Lipinski definition) is 4. The molecule has 0 saturated heterocycles. The van der Waals surface area contributed by atoms with Crippen LogP contribution in [0.15, 0.2) is 72.1 Å². The van der Waals surface area contributed by atoms with E-state index in [-0.39, 0.29) is 24.3 Å². The lowest BCUT2D eigenvalue weighted by Crippen LogP contribution is -2.45. The van der Waals surface area contributed by atoms with Crippen LogP contribution in [0.3, 0.4) is 0 Å². The SMILES string of the molecule is CC(=O)[C@@H](Cc1ccccc1)NC(=O)CN[C@H](c1ccc(C)cc1)c1cccs1. The van der Waals surface area contributed by atoms with Crippen LogP contribution < -0.4 is 10.6 Å². The van der Waals surface area contributed by atoms with Gasteiger partial charge in [-0.2, -0.15) is 0 Å². The Morgan fingerprint density at radius 2 is 1.69 bits per heavy atom. The molecule has 2 aromatic carbocycles. The zero-order chi connectivity index (χ0) is 20.6. The van der Waals surface area contributed by atoms with Crippen LogP contribution in [-0.2, 0) is 16.0 Å².